The highest BCUT2D eigenvalue weighted by molar-refractivity contribution is 7.99. The van der Waals surface area contributed by atoms with Crippen LogP contribution in [0.1, 0.15) is 19.4 Å². The van der Waals surface area contributed by atoms with Gasteiger partial charge in [-0.25, -0.2) is 4.98 Å². The standard InChI is InChI=1S/C20H26N3OS2.HI/c1-5-23(4,6-2)12-14-26-20-21-17-11-13-25-18(17)19(24)22(20)16-9-7-15(3)8-10-16;/h7-11,13H,5-6,12,14H2,1-4H3;1H/q+1;/p-1. The van der Waals surface area contributed by atoms with Crippen LogP contribution in [0.4, 0.5) is 0 Å². The Morgan fingerprint density at radius 2 is 1.81 bits per heavy atom. The summed E-state index contributed by atoms with van der Waals surface area (Å²) in [6.07, 6.45) is 0. The molecule has 2 heterocycles. The first-order chi connectivity index (χ1) is 12.5. The van der Waals surface area contributed by atoms with E-state index in [-0.39, 0.29) is 29.5 Å². The van der Waals surface area contributed by atoms with E-state index in [1.807, 2.05) is 35.7 Å². The first kappa shape index (κ1) is 22.4. The fourth-order valence-corrected chi connectivity index (χ4v) is 4.76. The highest BCUT2D eigenvalue weighted by atomic mass is 127. The summed E-state index contributed by atoms with van der Waals surface area (Å²) in [4.78, 5) is 17.9. The highest BCUT2D eigenvalue weighted by Crippen LogP contribution is 2.24. The summed E-state index contributed by atoms with van der Waals surface area (Å²) in [6, 6.07) is 10.0. The summed E-state index contributed by atoms with van der Waals surface area (Å²) in [5, 5.41) is 2.72. The van der Waals surface area contributed by atoms with E-state index < -0.39 is 0 Å². The van der Waals surface area contributed by atoms with Crippen molar-refractivity contribution in [3.8, 4) is 5.69 Å². The lowest BCUT2D eigenvalue weighted by atomic mass is 10.2. The smallest absolute Gasteiger partial charge is 0.276 e. The molecule has 0 atom stereocenters. The Bertz CT molecular complexity index is 946. The van der Waals surface area contributed by atoms with Gasteiger partial charge in [0.15, 0.2) is 5.16 Å². The molecule has 0 aliphatic rings. The molecule has 27 heavy (non-hydrogen) atoms. The molecule has 0 saturated carbocycles. The molecule has 1 aromatic carbocycles. The monoisotopic (exact) mass is 515 g/mol. The molecule has 3 aromatic rings. The zero-order valence-corrected chi connectivity index (χ0v) is 20.0. The Morgan fingerprint density at radius 3 is 2.44 bits per heavy atom. The fraction of sp³-hybridized carbons (Fsp3) is 0.400. The van der Waals surface area contributed by atoms with Gasteiger partial charge in [-0.05, 0) is 44.4 Å². The van der Waals surface area contributed by atoms with Crippen molar-refractivity contribution in [3.63, 3.8) is 0 Å². The minimum absolute atomic E-state index is 0. The van der Waals surface area contributed by atoms with Gasteiger partial charge in [0.25, 0.3) is 5.56 Å². The Balaban J connectivity index is 0.00000261. The van der Waals surface area contributed by atoms with Crippen molar-refractivity contribution in [2.45, 2.75) is 25.9 Å². The zero-order chi connectivity index (χ0) is 18.7. The number of fused-ring (bicyclic) bond motifs is 1. The number of aromatic nitrogens is 2. The molecule has 0 amide bonds. The summed E-state index contributed by atoms with van der Waals surface area (Å²) in [7, 11) is 2.28. The Hall–Kier alpha value is -0.900. The van der Waals surface area contributed by atoms with Crippen molar-refractivity contribution in [1.29, 1.82) is 0 Å². The van der Waals surface area contributed by atoms with Crippen molar-refractivity contribution < 1.29 is 28.5 Å². The second kappa shape index (κ2) is 9.54. The molecule has 2 aromatic heterocycles. The number of quaternary nitrogens is 1. The van der Waals surface area contributed by atoms with Crippen molar-refractivity contribution in [2.75, 3.05) is 32.4 Å². The van der Waals surface area contributed by atoms with Crippen molar-refractivity contribution >= 4 is 33.3 Å². The van der Waals surface area contributed by atoms with Gasteiger partial charge in [-0.15, -0.1) is 11.3 Å². The van der Waals surface area contributed by atoms with Gasteiger partial charge >= 0.3 is 0 Å². The average Bonchev–Trinajstić information content (AvgIpc) is 3.12. The van der Waals surface area contributed by atoms with E-state index >= 15 is 0 Å². The SMILES string of the molecule is CC[N+](C)(CC)CCSc1nc2ccsc2c(=O)n1-c1ccc(C)cc1.[I-]. The van der Waals surface area contributed by atoms with Gasteiger partial charge in [0.2, 0.25) is 0 Å². The maximum Gasteiger partial charge on any atom is 0.276 e. The average molecular weight is 515 g/mol. The third kappa shape index (κ3) is 4.93. The molecule has 0 spiro atoms. The van der Waals surface area contributed by atoms with E-state index in [0.717, 1.165) is 50.9 Å². The first-order valence-electron chi connectivity index (χ1n) is 9.01. The number of thioether (sulfide) groups is 1. The molecule has 0 N–H and O–H groups in total. The normalized spacial score (nSPS) is 11.6. The van der Waals surface area contributed by atoms with Gasteiger partial charge in [-0.3, -0.25) is 9.36 Å². The number of halogens is 1. The van der Waals surface area contributed by atoms with Gasteiger partial charge < -0.3 is 28.5 Å². The number of benzene rings is 1. The molecule has 0 aliphatic heterocycles. The lowest BCUT2D eigenvalue weighted by Crippen LogP contribution is -3.00. The van der Waals surface area contributed by atoms with Crippen LogP contribution >= 0.6 is 23.1 Å². The van der Waals surface area contributed by atoms with Crippen LogP contribution in [-0.2, 0) is 0 Å². The molecular weight excluding hydrogens is 489 g/mol. The maximum atomic E-state index is 13.1. The predicted octanol–water partition coefficient (Wildman–Crippen LogP) is 1.34. The Kier molecular flexibility index (Phi) is 7.91. The third-order valence-corrected chi connectivity index (χ3v) is 6.94. The van der Waals surface area contributed by atoms with Crippen LogP contribution in [0.3, 0.4) is 0 Å². The van der Waals surface area contributed by atoms with Crippen LogP contribution in [-0.4, -0.2) is 46.5 Å². The molecular formula is C20H26IN3OS2. The van der Waals surface area contributed by atoms with E-state index in [9.17, 15) is 4.79 Å². The number of thiophene rings is 1. The molecule has 0 bridgehead atoms. The summed E-state index contributed by atoms with van der Waals surface area (Å²) < 4.78 is 3.52. The topological polar surface area (TPSA) is 34.9 Å². The van der Waals surface area contributed by atoms with Gasteiger partial charge in [-0.2, -0.15) is 0 Å². The van der Waals surface area contributed by atoms with Crippen molar-refractivity contribution in [1.82, 2.24) is 9.55 Å². The summed E-state index contributed by atoms with van der Waals surface area (Å²) in [5.74, 6) is 0.937. The van der Waals surface area contributed by atoms with E-state index in [1.165, 1.54) is 16.9 Å². The molecule has 146 valence electrons. The van der Waals surface area contributed by atoms with Crippen molar-refractivity contribution in [3.05, 3.63) is 51.6 Å². The minimum atomic E-state index is 0. The number of rotatable bonds is 7. The summed E-state index contributed by atoms with van der Waals surface area (Å²) in [6.45, 7) is 9.79. The molecule has 0 saturated heterocycles. The largest absolute Gasteiger partial charge is 1.00 e. The molecule has 0 unspecified atom stereocenters. The van der Waals surface area contributed by atoms with E-state index in [2.05, 4.69) is 27.8 Å². The van der Waals surface area contributed by atoms with Gasteiger partial charge in [-0.1, -0.05) is 29.5 Å². The summed E-state index contributed by atoms with van der Waals surface area (Å²) >= 11 is 3.14. The fourth-order valence-electron chi connectivity index (χ4n) is 2.81. The molecule has 7 heteroatoms. The molecule has 4 nitrogen and oxygen atoms in total. The predicted molar refractivity (Wildman–Crippen MR) is 113 cm³/mol. The van der Waals surface area contributed by atoms with Crippen LogP contribution in [0.15, 0.2) is 45.7 Å². The minimum Gasteiger partial charge on any atom is -1.00 e. The second-order valence-electron chi connectivity index (χ2n) is 6.83. The number of nitrogens with zero attached hydrogens (tertiary/aromatic N) is 3. The number of hydrogen-bond acceptors (Lipinski definition) is 4. The molecule has 0 aliphatic carbocycles. The van der Waals surface area contributed by atoms with Gasteiger partial charge in [0.1, 0.15) is 4.70 Å². The Labute approximate surface area is 186 Å². The number of aryl methyl sites for hydroxylation is 1. The van der Waals surface area contributed by atoms with Crippen LogP contribution in [0.25, 0.3) is 15.9 Å². The van der Waals surface area contributed by atoms with E-state index in [0.29, 0.717) is 0 Å². The lowest BCUT2D eigenvalue weighted by molar-refractivity contribution is -0.903. The number of hydrogen-bond donors (Lipinski definition) is 0. The quantitative estimate of drug-likeness (QED) is 0.206. The van der Waals surface area contributed by atoms with Crippen LogP contribution < -0.4 is 29.5 Å². The maximum absolute atomic E-state index is 13.1. The van der Waals surface area contributed by atoms with E-state index in [4.69, 9.17) is 4.98 Å². The van der Waals surface area contributed by atoms with Gasteiger partial charge in [0, 0.05) is 0 Å². The zero-order valence-electron chi connectivity index (χ0n) is 16.2. The lowest BCUT2D eigenvalue weighted by Gasteiger charge is -2.31. The third-order valence-electron chi connectivity index (χ3n) is 5.13. The van der Waals surface area contributed by atoms with Gasteiger partial charge in [0.05, 0.1) is 43.6 Å². The molecule has 0 fully saturated rings. The molecule has 0 radical (unpaired) electrons. The summed E-state index contributed by atoms with van der Waals surface area (Å²) in [5.41, 5.74) is 2.89. The highest BCUT2D eigenvalue weighted by Gasteiger charge is 2.18. The van der Waals surface area contributed by atoms with Crippen LogP contribution in [0.5, 0.6) is 0 Å². The second-order valence-corrected chi connectivity index (χ2v) is 8.81. The van der Waals surface area contributed by atoms with Crippen molar-refractivity contribution in [2.24, 2.45) is 0 Å². The van der Waals surface area contributed by atoms with Crippen LogP contribution in [0, 0.1) is 6.92 Å². The first-order valence-corrected chi connectivity index (χ1v) is 10.9. The Morgan fingerprint density at radius 1 is 1.15 bits per heavy atom. The molecule has 3 rings (SSSR count). The van der Waals surface area contributed by atoms with E-state index in [1.54, 1.807) is 16.3 Å². The van der Waals surface area contributed by atoms with Crippen LogP contribution in [0.2, 0.25) is 0 Å².